The molecule has 0 aromatic carbocycles. The van der Waals surface area contributed by atoms with Crippen LogP contribution in [0.15, 0.2) is 12.5 Å². The Bertz CT molecular complexity index is 337. The van der Waals surface area contributed by atoms with Gasteiger partial charge in [-0.3, -0.25) is 4.79 Å². The summed E-state index contributed by atoms with van der Waals surface area (Å²) in [6.07, 6.45) is 7.19. The fourth-order valence-electron chi connectivity index (χ4n) is 2.24. The van der Waals surface area contributed by atoms with Gasteiger partial charge in [0.25, 0.3) is 5.91 Å². The molecule has 0 saturated heterocycles. The zero-order chi connectivity index (χ0) is 11.4. The first-order valence-electron chi connectivity index (χ1n) is 5.71. The summed E-state index contributed by atoms with van der Waals surface area (Å²) in [6.45, 7) is 0.147. The minimum Gasteiger partial charge on any atom is -0.396 e. The summed E-state index contributed by atoms with van der Waals surface area (Å²) in [4.78, 5) is 18.4. The van der Waals surface area contributed by atoms with E-state index in [1.54, 1.807) is 0 Å². The van der Waals surface area contributed by atoms with Crippen LogP contribution in [0.4, 0.5) is 0 Å². The van der Waals surface area contributed by atoms with E-state index in [0.29, 0.717) is 5.69 Å². The van der Waals surface area contributed by atoms with E-state index in [0.717, 1.165) is 25.7 Å². The first-order valence-corrected chi connectivity index (χ1v) is 5.71. The van der Waals surface area contributed by atoms with Gasteiger partial charge in [-0.15, -0.1) is 0 Å². The highest BCUT2D eigenvalue weighted by molar-refractivity contribution is 5.92. The third-order valence-corrected chi connectivity index (χ3v) is 3.20. The maximum absolute atomic E-state index is 11.8. The second-order valence-electron chi connectivity index (χ2n) is 4.27. The van der Waals surface area contributed by atoms with Crippen LogP contribution >= 0.6 is 0 Å². The average molecular weight is 223 g/mol. The molecule has 0 aliphatic heterocycles. The van der Waals surface area contributed by atoms with Crippen LogP contribution in [0.2, 0.25) is 0 Å². The summed E-state index contributed by atoms with van der Waals surface area (Å²) in [5.74, 6) is 0.0588. The fraction of sp³-hybridized carbons (Fsp3) is 0.636. The Hall–Kier alpha value is -1.36. The van der Waals surface area contributed by atoms with Gasteiger partial charge in [0, 0.05) is 18.6 Å². The van der Waals surface area contributed by atoms with Crippen molar-refractivity contribution >= 4 is 5.91 Å². The molecule has 88 valence electrons. The lowest BCUT2D eigenvalue weighted by Crippen LogP contribution is -2.43. The highest BCUT2D eigenvalue weighted by Gasteiger charge is 2.26. The fourth-order valence-corrected chi connectivity index (χ4v) is 2.24. The second kappa shape index (κ2) is 5.12. The molecule has 0 bridgehead atoms. The van der Waals surface area contributed by atoms with Crippen LogP contribution in [0.3, 0.4) is 0 Å². The number of carbonyl (C=O) groups is 1. The van der Waals surface area contributed by atoms with Gasteiger partial charge >= 0.3 is 0 Å². The van der Waals surface area contributed by atoms with Crippen LogP contribution in [0.1, 0.15) is 36.2 Å². The number of aromatic nitrogens is 2. The minimum absolute atomic E-state index is 0.0922. The van der Waals surface area contributed by atoms with Gasteiger partial charge in [0.15, 0.2) is 0 Å². The van der Waals surface area contributed by atoms with Crippen LogP contribution < -0.4 is 5.32 Å². The van der Waals surface area contributed by atoms with Crippen molar-refractivity contribution in [1.82, 2.24) is 15.3 Å². The standard InChI is InChI=1S/C11H17N3O2/c15-6-8-3-1-2-4-9(8)14-11(16)10-5-12-7-13-10/h5,7-9,15H,1-4,6H2,(H,12,13)(H,14,16). The first kappa shape index (κ1) is 11.1. The number of carbonyl (C=O) groups excluding carboxylic acids is 1. The summed E-state index contributed by atoms with van der Waals surface area (Å²) in [5, 5.41) is 12.2. The smallest absolute Gasteiger partial charge is 0.269 e. The number of nitrogens with one attached hydrogen (secondary N) is 2. The second-order valence-corrected chi connectivity index (χ2v) is 4.27. The van der Waals surface area contributed by atoms with Gasteiger partial charge in [-0.25, -0.2) is 4.98 Å². The van der Waals surface area contributed by atoms with E-state index in [9.17, 15) is 9.90 Å². The van der Waals surface area contributed by atoms with Crippen molar-refractivity contribution in [2.75, 3.05) is 6.61 Å². The van der Waals surface area contributed by atoms with Crippen LogP contribution in [0.25, 0.3) is 0 Å². The van der Waals surface area contributed by atoms with E-state index >= 15 is 0 Å². The van der Waals surface area contributed by atoms with Gasteiger partial charge in [0.2, 0.25) is 0 Å². The molecule has 1 aromatic heterocycles. The van der Waals surface area contributed by atoms with Crippen molar-refractivity contribution in [2.45, 2.75) is 31.7 Å². The molecular formula is C11H17N3O2. The Morgan fingerprint density at radius 1 is 1.56 bits per heavy atom. The van der Waals surface area contributed by atoms with Gasteiger partial charge in [-0.1, -0.05) is 12.8 Å². The van der Waals surface area contributed by atoms with Crippen molar-refractivity contribution < 1.29 is 9.90 Å². The number of amides is 1. The molecule has 1 saturated carbocycles. The topological polar surface area (TPSA) is 78.0 Å². The van der Waals surface area contributed by atoms with E-state index in [4.69, 9.17) is 0 Å². The van der Waals surface area contributed by atoms with Gasteiger partial charge in [-0.05, 0) is 12.8 Å². The largest absolute Gasteiger partial charge is 0.396 e. The van der Waals surface area contributed by atoms with Crippen LogP contribution in [0.5, 0.6) is 0 Å². The van der Waals surface area contributed by atoms with E-state index in [1.807, 2.05) is 0 Å². The van der Waals surface area contributed by atoms with Crippen LogP contribution in [0, 0.1) is 5.92 Å². The van der Waals surface area contributed by atoms with Crippen molar-refractivity contribution in [3.8, 4) is 0 Å². The van der Waals surface area contributed by atoms with E-state index in [2.05, 4.69) is 15.3 Å². The molecule has 1 amide bonds. The molecule has 1 aromatic rings. The molecule has 16 heavy (non-hydrogen) atoms. The summed E-state index contributed by atoms with van der Waals surface area (Å²) >= 11 is 0. The summed E-state index contributed by atoms with van der Waals surface area (Å²) in [7, 11) is 0. The Morgan fingerprint density at radius 2 is 2.38 bits per heavy atom. The molecule has 2 unspecified atom stereocenters. The summed E-state index contributed by atoms with van der Waals surface area (Å²) in [5.41, 5.74) is 0.474. The number of nitrogens with zero attached hydrogens (tertiary/aromatic N) is 1. The number of hydrogen-bond acceptors (Lipinski definition) is 3. The maximum atomic E-state index is 11.8. The van der Waals surface area contributed by atoms with E-state index in [1.165, 1.54) is 12.5 Å². The van der Waals surface area contributed by atoms with Crippen LogP contribution in [-0.2, 0) is 0 Å². The summed E-state index contributed by atoms with van der Waals surface area (Å²) in [6, 6.07) is 0.0922. The number of imidazole rings is 1. The zero-order valence-corrected chi connectivity index (χ0v) is 9.15. The zero-order valence-electron chi connectivity index (χ0n) is 9.15. The third kappa shape index (κ3) is 2.41. The molecule has 1 heterocycles. The highest BCUT2D eigenvalue weighted by Crippen LogP contribution is 2.24. The maximum Gasteiger partial charge on any atom is 0.269 e. The lowest BCUT2D eigenvalue weighted by molar-refractivity contribution is 0.0868. The molecule has 3 N–H and O–H groups in total. The van der Waals surface area contributed by atoms with Crippen molar-refractivity contribution in [3.05, 3.63) is 18.2 Å². The normalized spacial score (nSPS) is 25.3. The van der Waals surface area contributed by atoms with Crippen molar-refractivity contribution in [3.63, 3.8) is 0 Å². The lowest BCUT2D eigenvalue weighted by Gasteiger charge is -2.30. The number of aromatic amines is 1. The van der Waals surface area contributed by atoms with Crippen molar-refractivity contribution in [2.24, 2.45) is 5.92 Å². The minimum atomic E-state index is -0.136. The monoisotopic (exact) mass is 223 g/mol. The molecule has 1 fully saturated rings. The first-order chi connectivity index (χ1) is 7.81. The molecule has 2 atom stereocenters. The Labute approximate surface area is 94.3 Å². The van der Waals surface area contributed by atoms with E-state index < -0.39 is 0 Å². The van der Waals surface area contributed by atoms with Crippen LogP contribution in [-0.4, -0.2) is 33.6 Å². The predicted molar refractivity (Wildman–Crippen MR) is 58.9 cm³/mol. The summed E-state index contributed by atoms with van der Waals surface area (Å²) < 4.78 is 0. The molecular weight excluding hydrogens is 206 g/mol. The number of rotatable bonds is 3. The molecule has 1 aliphatic rings. The number of aliphatic hydroxyl groups is 1. The van der Waals surface area contributed by atoms with Gasteiger partial charge in [0.1, 0.15) is 5.69 Å². The Balaban J connectivity index is 1.95. The number of aliphatic hydroxyl groups excluding tert-OH is 1. The number of hydrogen-bond donors (Lipinski definition) is 3. The average Bonchev–Trinajstić information content (AvgIpc) is 2.83. The SMILES string of the molecule is O=C(NC1CCCCC1CO)c1cnc[nH]1. The van der Waals surface area contributed by atoms with E-state index in [-0.39, 0.29) is 24.5 Å². The highest BCUT2D eigenvalue weighted by atomic mass is 16.3. The van der Waals surface area contributed by atoms with Crippen molar-refractivity contribution in [1.29, 1.82) is 0 Å². The van der Waals surface area contributed by atoms with Gasteiger partial charge < -0.3 is 15.4 Å². The number of H-pyrrole nitrogens is 1. The lowest BCUT2D eigenvalue weighted by atomic mass is 9.85. The Kier molecular flexibility index (Phi) is 3.56. The molecule has 1 aliphatic carbocycles. The quantitative estimate of drug-likeness (QED) is 0.705. The molecule has 5 nitrogen and oxygen atoms in total. The molecule has 0 spiro atoms. The van der Waals surface area contributed by atoms with Gasteiger partial charge in [0.05, 0.1) is 12.5 Å². The van der Waals surface area contributed by atoms with Gasteiger partial charge in [-0.2, -0.15) is 0 Å². The Morgan fingerprint density at radius 3 is 3.06 bits per heavy atom. The third-order valence-electron chi connectivity index (χ3n) is 3.20. The predicted octanol–water partition coefficient (Wildman–Crippen LogP) is 0.691. The molecule has 2 rings (SSSR count). The molecule has 0 radical (unpaired) electrons. The molecule has 5 heteroatoms.